The zero-order chi connectivity index (χ0) is 11.1. The molecule has 1 aliphatic carbocycles. The van der Waals surface area contributed by atoms with Crippen molar-refractivity contribution in [3.05, 3.63) is 22.8 Å². The molecule has 2 nitrogen and oxygen atoms in total. The van der Waals surface area contributed by atoms with E-state index in [9.17, 15) is 0 Å². The molecule has 0 bridgehead atoms. The second-order valence-corrected chi connectivity index (χ2v) is 5.94. The van der Waals surface area contributed by atoms with Crippen LogP contribution in [-0.4, -0.2) is 16.4 Å². The summed E-state index contributed by atoms with van der Waals surface area (Å²) in [7, 11) is 0. The minimum Gasteiger partial charge on any atom is -0.366 e. The number of nitrogens with zero attached hydrogens (tertiary/aromatic N) is 1. The van der Waals surface area contributed by atoms with Crippen molar-refractivity contribution in [2.45, 2.75) is 31.7 Å². The summed E-state index contributed by atoms with van der Waals surface area (Å²) in [5, 5.41) is 3.69. The third-order valence-electron chi connectivity index (χ3n) is 3.22. The van der Waals surface area contributed by atoms with Crippen LogP contribution in [0.5, 0.6) is 0 Å². The van der Waals surface area contributed by atoms with E-state index in [1.165, 1.54) is 0 Å². The van der Waals surface area contributed by atoms with E-state index in [4.69, 9.17) is 11.6 Å². The maximum Gasteiger partial charge on any atom is 0.140 e. The van der Waals surface area contributed by atoms with E-state index >= 15 is 0 Å². The number of anilines is 1. The first-order valence-corrected chi connectivity index (χ1v) is 6.26. The van der Waals surface area contributed by atoms with Gasteiger partial charge >= 0.3 is 0 Å². The average molecular weight is 290 g/mol. The smallest absolute Gasteiger partial charge is 0.140 e. The largest absolute Gasteiger partial charge is 0.366 e. The third-order valence-corrected chi connectivity index (χ3v) is 4.60. The molecule has 1 N–H and O–H groups in total. The Hall–Kier alpha value is -0.280. The molecule has 82 valence electrons. The summed E-state index contributed by atoms with van der Waals surface area (Å²) in [6, 6.07) is 4.30. The van der Waals surface area contributed by atoms with Crippen LogP contribution in [0.1, 0.15) is 20.3 Å². The molecule has 2 unspecified atom stereocenters. The van der Waals surface area contributed by atoms with Gasteiger partial charge in [0.1, 0.15) is 5.82 Å². The molecule has 0 saturated heterocycles. The predicted molar refractivity (Wildman–Crippen MR) is 67.4 cm³/mol. The van der Waals surface area contributed by atoms with Crippen LogP contribution in [0.15, 0.2) is 22.8 Å². The first-order chi connectivity index (χ1) is 7.01. The van der Waals surface area contributed by atoms with Crippen molar-refractivity contribution in [2.75, 3.05) is 5.32 Å². The fourth-order valence-corrected chi connectivity index (χ4v) is 2.47. The number of rotatable bonds is 2. The second-order valence-electron chi connectivity index (χ2n) is 4.56. The lowest BCUT2D eigenvalue weighted by molar-refractivity contribution is 0.168. The fourth-order valence-electron chi connectivity index (χ4n) is 1.77. The van der Waals surface area contributed by atoms with E-state index in [2.05, 4.69) is 40.1 Å². The van der Waals surface area contributed by atoms with Gasteiger partial charge in [-0.25, -0.2) is 4.98 Å². The van der Waals surface area contributed by atoms with Gasteiger partial charge in [0.25, 0.3) is 0 Å². The van der Waals surface area contributed by atoms with Crippen molar-refractivity contribution in [1.82, 2.24) is 4.98 Å². The van der Waals surface area contributed by atoms with Gasteiger partial charge < -0.3 is 5.32 Å². The number of pyridine rings is 1. The number of nitrogens with one attached hydrogen (secondary N) is 1. The third kappa shape index (κ3) is 2.00. The van der Waals surface area contributed by atoms with Crippen LogP contribution in [-0.2, 0) is 0 Å². The van der Waals surface area contributed by atoms with Gasteiger partial charge in [-0.15, -0.1) is 11.6 Å². The fraction of sp³-hybridized carbons (Fsp3) is 0.545. The molecule has 0 spiro atoms. The van der Waals surface area contributed by atoms with Gasteiger partial charge in [0, 0.05) is 23.0 Å². The summed E-state index contributed by atoms with van der Waals surface area (Å²) < 4.78 is 0.999. The normalized spacial score (nSPS) is 28.3. The molecule has 0 aromatic carbocycles. The first kappa shape index (κ1) is 11.2. The maximum absolute atomic E-state index is 6.17. The molecular formula is C11H14BrClN2. The van der Waals surface area contributed by atoms with E-state index in [0.29, 0.717) is 6.04 Å². The lowest BCUT2D eigenvalue weighted by Crippen LogP contribution is -2.54. The van der Waals surface area contributed by atoms with E-state index < -0.39 is 0 Å². The molecule has 2 rings (SSSR count). The highest BCUT2D eigenvalue weighted by atomic mass is 79.9. The Morgan fingerprint density at radius 2 is 2.33 bits per heavy atom. The molecule has 0 radical (unpaired) electrons. The highest BCUT2D eigenvalue weighted by molar-refractivity contribution is 9.10. The van der Waals surface area contributed by atoms with Gasteiger partial charge in [-0.1, -0.05) is 13.8 Å². The standard InChI is InChI=1S/C11H14BrClN2/c1-11(2)8(13)6-9(11)15-10-7(12)4-3-5-14-10/h3-5,8-9H,6H2,1-2H3,(H,14,15). The number of hydrogen-bond donors (Lipinski definition) is 1. The van der Waals surface area contributed by atoms with E-state index in [-0.39, 0.29) is 10.8 Å². The van der Waals surface area contributed by atoms with E-state index in [1.807, 2.05) is 12.1 Å². The first-order valence-electron chi connectivity index (χ1n) is 5.03. The van der Waals surface area contributed by atoms with E-state index in [0.717, 1.165) is 16.7 Å². The highest BCUT2D eigenvalue weighted by Gasteiger charge is 2.47. The van der Waals surface area contributed by atoms with Gasteiger partial charge in [-0.2, -0.15) is 0 Å². The van der Waals surface area contributed by atoms with Crippen molar-refractivity contribution in [3.63, 3.8) is 0 Å². The van der Waals surface area contributed by atoms with Gasteiger partial charge in [-0.3, -0.25) is 0 Å². The molecular weight excluding hydrogens is 275 g/mol. The van der Waals surface area contributed by atoms with Crippen LogP contribution in [0.2, 0.25) is 0 Å². The van der Waals surface area contributed by atoms with Crippen LogP contribution in [0, 0.1) is 5.41 Å². The Labute approximate surface area is 104 Å². The predicted octanol–water partition coefficient (Wildman–Crippen LogP) is 3.66. The van der Waals surface area contributed by atoms with Gasteiger partial charge in [0.15, 0.2) is 0 Å². The molecule has 0 amide bonds. The molecule has 1 saturated carbocycles. The lowest BCUT2D eigenvalue weighted by atomic mass is 9.67. The molecule has 4 heteroatoms. The number of hydrogen-bond acceptors (Lipinski definition) is 2. The van der Waals surface area contributed by atoms with Crippen molar-refractivity contribution in [3.8, 4) is 0 Å². The summed E-state index contributed by atoms with van der Waals surface area (Å²) in [4.78, 5) is 4.29. The Bertz CT molecular complexity index is 367. The zero-order valence-electron chi connectivity index (χ0n) is 8.80. The molecule has 1 aliphatic rings. The summed E-state index contributed by atoms with van der Waals surface area (Å²) in [6.45, 7) is 4.37. The Morgan fingerprint density at radius 3 is 2.87 bits per heavy atom. The second kappa shape index (κ2) is 3.95. The Balaban J connectivity index is 2.08. The Morgan fingerprint density at radius 1 is 1.60 bits per heavy atom. The molecule has 2 atom stereocenters. The number of halogens is 2. The average Bonchev–Trinajstić information content (AvgIpc) is 2.20. The zero-order valence-corrected chi connectivity index (χ0v) is 11.1. The van der Waals surface area contributed by atoms with Crippen LogP contribution >= 0.6 is 27.5 Å². The van der Waals surface area contributed by atoms with E-state index in [1.54, 1.807) is 6.20 Å². The molecule has 1 aromatic rings. The maximum atomic E-state index is 6.17. The summed E-state index contributed by atoms with van der Waals surface area (Å²) in [6.07, 6.45) is 2.79. The molecule has 1 heterocycles. The van der Waals surface area contributed by atoms with Gasteiger partial charge in [0.2, 0.25) is 0 Å². The van der Waals surface area contributed by atoms with Crippen LogP contribution in [0.25, 0.3) is 0 Å². The number of alkyl halides is 1. The minimum atomic E-state index is 0.137. The summed E-state index contributed by atoms with van der Waals surface area (Å²) in [5.41, 5.74) is 0.137. The highest BCUT2D eigenvalue weighted by Crippen LogP contribution is 2.46. The Kier molecular flexibility index (Phi) is 2.95. The van der Waals surface area contributed by atoms with Crippen molar-refractivity contribution in [2.24, 2.45) is 5.41 Å². The van der Waals surface area contributed by atoms with Gasteiger partial charge in [0.05, 0.1) is 4.47 Å². The number of aromatic nitrogens is 1. The van der Waals surface area contributed by atoms with Crippen LogP contribution < -0.4 is 5.32 Å². The topological polar surface area (TPSA) is 24.9 Å². The monoisotopic (exact) mass is 288 g/mol. The van der Waals surface area contributed by atoms with Gasteiger partial charge in [-0.05, 0) is 34.5 Å². The summed E-state index contributed by atoms with van der Waals surface area (Å²) in [5.74, 6) is 0.902. The summed E-state index contributed by atoms with van der Waals surface area (Å²) >= 11 is 9.64. The quantitative estimate of drug-likeness (QED) is 0.841. The minimum absolute atomic E-state index is 0.137. The molecule has 1 aromatic heterocycles. The molecule has 15 heavy (non-hydrogen) atoms. The SMILES string of the molecule is CC1(C)C(Cl)CC1Nc1ncccc1Br. The van der Waals surface area contributed by atoms with Crippen LogP contribution in [0.4, 0.5) is 5.82 Å². The van der Waals surface area contributed by atoms with Crippen molar-refractivity contribution < 1.29 is 0 Å². The molecule has 1 fully saturated rings. The lowest BCUT2D eigenvalue weighted by Gasteiger charge is -2.49. The molecule has 0 aliphatic heterocycles. The van der Waals surface area contributed by atoms with Crippen LogP contribution in [0.3, 0.4) is 0 Å². The van der Waals surface area contributed by atoms with Crippen molar-refractivity contribution in [1.29, 1.82) is 0 Å². The van der Waals surface area contributed by atoms with Crippen molar-refractivity contribution >= 4 is 33.3 Å².